The van der Waals surface area contributed by atoms with Gasteiger partial charge < -0.3 is 0 Å². The Bertz CT molecular complexity index is 170. The molecule has 10 heavy (non-hydrogen) atoms. The lowest BCUT2D eigenvalue weighted by Crippen LogP contribution is -1.95. The lowest BCUT2D eigenvalue weighted by molar-refractivity contribution is 0.457. The molecule has 3 aliphatic rings. The fraction of sp³-hybridized carbons (Fsp3) is 1.00. The fourth-order valence-corrected chi connectivity index (χ4v) is 3.48. The van der Waals surface area contributed by atoms with Gasteiger partial charge in [-0.3, -0.25) is 0 Å². The molecule has 0 aliphatic heterocycles. The van der Waals surface area contributed by atoms with Gasteiger partial charge in [-0.2, -0.15) is 0 Å². The maximum atomic E-state index is 6.06. The van der Waals surface area contributed by atoms with Crippen molar-refractivity contribution < 1.29 is 0 Å². The summed E-state index contributed by atoms with van der Waals surface area (Å²) >= 11 is 12.1. The standard InChI is InChI=1S/C8H10Cl2/c9-8(10)6-2-4-1-5(4)3-7(6)8/h4-7H,1-3H2. The smallest absolute Gasteiger partial charge is 0.101 e. The van der Waals surface area contributed by atoms with E-state index in [1.807, 2.05) is 0 Å². The van der Waals surface area contributed by atoms with E-state index in [4.69, 9.17) is 23.2 Å². The van der Waals surface area contributed by atoms with Crippen molar-refractivity contribution in [2.45, 2.75) is 23.6 Å². The maximum absolute atomic E-state index is 6.06. The van der Waals surface area contributed by atoms with Crippen LogP contribution in [-0.2, 0) is 0 Å². The van der Waals surface area contributed by atoms with Crippen LogP contribution >= 0.6 is 23.2 Å². The molecule has 0 saturated heterocycles. The Labute approximate surface area is 70.9 Å². The van der Waals surface area contributed by atoms with Crippen molar-refractivity contribution >= 4 is 23.2 Å². The van der Waals surface area contributed by atoms with Gasteiger partial charge >= 0.3 is 0 Å². The van der Waals surface area contributed by atoms with Gasteiger partial charge in [0.1, 0.15) is 4.33 Å². The maximum Gasteiger partial charge on any atom is 0.124 e. The Hall–Kier alpha value is 0.580. The number of rotatable bonds is 0. The van der Waals surface area contributed by atoms with E-state index in [9.17, 15) is 0 Å². The monoisotopic (exact) mass is 176 g/mol. The van der Waals surface area contributed by atoms with Crippen LogP contribution in [0.5, 0.6) is 0 Å². The molecule has 3 saturated carbocycles. The molecule has 0 heterocycles. The van der Waals surface area contributed by atoms with Crippen LogP contribution in [0.1, 0.15) is 19.3 Å². The summed E-state index contributed by atoms with van der Waals surface area (Å²) in [5.74, 6) is 3.36. The molecule has 0 aromatic heterocycles. The first-order valence-corrected chi connectivity index (χ1v) is 4.83. The molecule has 0 nitrogen and oxygen atoms in total. The molecule has 2 heteroatoms. The Morgan fingerprint density at radius 1 is 0.900 bits per heavy atom. The summed E-state index contributed by atoms with van der Waals surface area (Å²) in [5.41, 5.74) is 0. The van der Waals surface area contributed by atoms with Crippen LogP contribution in [0.3, 0.4) is 0 Å². The normalized spacial score (nSPS) is 60.6. The predicted octanol–water partition coefficient (Wildman–Crippen LogP) is 2.84. The van der Waals surface area contributed by atoms with Gasteiger partial charge in [0, 0.05) is 0 Å². The van der Waals surface area contributed by atoms with Crippen molar-refractivity contribution in [2.24, 2.45) is 23.7 Å². The zero-order valence-electron chi connectivity index (χ0n) is 5.69. The van der Waals surface area contributed by atoms with Crippen molar-refractivity contribution in [1.82, 2.24) is 0 Å². The average molecular weight is 177 g/mol. The second-order valence-electron chi connectivity index (χ2n) is 4.11. The van der Waals surface area contributed by atoms with Crippen molar-refractivity contribution in [3.05, 3.63) is 0 Å². The summed E-state index contributed by atoms with van der Waals surface area (Å²) in [4.78, 5) is 0. The summed E-state index contributed by atoms with van der Waals surface area (Å²) in [6.07, 6.45) is 4.11. The Morgan fingerprint density at radius 2 is 1.40 bits per heavy atom. The van der Waals surface area contributed by atoms with Gasteiger partial charge in [0.05, 0.1) is 0 Å². The van der Waals surface area contributed by atoms with E-state index in [0.717, 1.165) is 11.8 Å². The zero-order valence-corrected chi connectivity index (χ0v) is 7.20. The quantitative estimate of drug-likeness (QED) is 0.499. The third-order valence-electron chi connectivity index (χ3n) is 3.55. The predicted molar refractivity (Wildman–Crippen MR) is 42.2 cm³/mol. The first-order chi connectivity index (χ1) is 4.69. The van der Waals surface area contributed by atoms with Gasteiger partial charge in [-0.1, -0.05) is 0 Å². The second kappa shape index (κ2) is 1.51. The summed E-state index contributed by atoms with van der Waals surface area (Å²) in [7, 11) is 0. The molecule has 0 N–H and O–H groups in total. The Morgan fingerprint density at radius 3 is 1.90 bits per heavy atom. The van der Waals surface area contributed by atoms with Gasteiger partial charge in [0.15, 0.2) is 0 Å². The minimum absolute atomic E-state index is 0.298. The first kappa shape index (κ1) is 6.14. The van der Waals surface area contributed by atoms with Crippen LogP contribution in [0.4, 0.5) is 0 Å². The lowest BCUT2D eigenvalue weighted by Gasteiger charge is -2.03. The third-order valence-corrected chi connectivity index (χ3v) is 4.67. The van der Waals surface area contributed by atoms with Gasteiger partial charge in [0.25, 0.3) is 0 Å². The van der Waals surface area contributed by atoms with Gasteiger partial charge in [-0.25, -0.2) is 0 Å². The number of hydrogen-bond acceptors (Lipinski definition) is 0. The topological polar surface area (TPSA) is 0 Å². The van der Waals surface area contributed by atoms with Crippen molar-refractivity contribution in [1.29, 1.82) is 0 Å². The van der Waals surface area contributed by atoms with Crippen molar-refractivity contribution in [2.75, 3.05) is 0 Å². The largest absolute Gasteiger partial charge is 0.124 e. The highest BCUT2D eigenvalue weighted by molar-refractivity contribution is 6.51. The Balaban J connectivity index is 1.83. The summed E-state index contributed by atoms with van der Waals surface area (Å²) in [5, 5.41) is 0. The molecule has 0 amide bonds. The van der Waals surface area contributed by atoms with E-state index >= 15 is 0 Å². The highest BCUT2D eigenvalue weighted by Gasteiger charge is 2.68. The van der Waals surface area contributed by atoms with Crippen LogP contribution in [0, 0.1) is 23.7 Å². The van der Waals surface area contributed by atoms with Crippen LogP contribution in [0.25, 0.3) is 0 Å². The van der Waals surface area contributed by atoms with E-state index in [-0.39, 0.29) is 4.33 Å². The van der Waals surface area contributed by atoms with Crippen molar-refractivity contribution in [3.8, 4) is 0 Å². The molecule has 4 atom stereocenters. The number of fused-ring (bicyclic) bond motifs is 2. The first-order valence-electron chi connectivity index (χ1n) is 4.07. The van der Waals surface area contributed by atoms with Crippen LogP contribution in [-0.4, -0.2) is 4.33 Å². The molecule has 3 aliphatic carbocycles. The van der Waals surface area contributed by atoms with Gasteiger partial charge in [-0.05, 0) is 42.9 Å². The van der Waals surface area contributed by atoms with Gasteiger partial charge in [-0.15, -0.1) is 23.2 Å². The fourth-order valence-electron chi connectivity index (χ4n) is 2.64. The Kier molecular flexibility index (Phi) is 0.929. The molecular weight excluding hydrogens is 167 g/mol. The minimum atomic E-state index is -0.298. The number of alkyl halides is 2. The van der Waals surface area contributed by atoms with Crippen LogP contribution in [0.15, 0.2) is 0 Å². The van der Waals surface area contributed by atoms with E-state index in [1.54, 1.807) is 0 Å². The molecular formula is C8H10Cl2. The van der Waals surface area contributed by atoms with Crippen molar-refractivity contribution in [3.63, 3.8) is 0 Å². The summed E-state index contributed by atoms with van der Waals surface area (Å²) in [6.45, 7) is 0. The van der Waals surface area contributed by atoms with Crippen LogP contribution in [0.2, 0.25) is 0 Å². The molecule has 56 valence electrons. The third kappa shape index (κ3) is 0.604. The van der Waals surface area contributed by atoms with E-state index in [1.165, 1.54) is 19.3 Å². The second-order valence-corrected chi connectivity index (χ2v) is 5.56. The molecule has 0 aromatic carbocycles. The molecule has 3 rings (SSSR count). The van der Waals surface area contributed by atoms with E-state index in [2.05, 4.69) is 0 Å². The molecule has 4 unspecified atom stereocenters. The molecule has 0 spiro atoms. The SMILES string of the molecule is ClC1(Cl)C2CC3CC3CC21. The summed E-state index contributed by atoms with van der Waals surface area (Å²) < 4.78 is -0.298. The highest BCUT2D eigenvalue weighted by atomic mass is 35.5. The molecule has 0 radical (unpaired) electrons. The highest BCUT2D eigenvalue weighted by Crippen LogP contribution is 2.72. The van der Waals surface area contributed by atoms with Crippen LogP contribution < -0.4 is 0 Å². The molecule has 3 fully saturated rings. The average Bonchev–Trinajstić information content (AvgIpc) is 2.70. The van der Waals surface area contributed by atoms with E-state index in [0.29, 0.717) is 11.8 Å². The zero-order chi connectivity index (χ0) is 6.93. The van der Waals surface area contributed by atoms with Gasteiger partial charge in [0.2, 0.25) is 0 Å². The molecule has 0 aromatic rings. The minimum Gasteiger partial charge on any atom is -0.101 e. The number of halogens is 2. The summed E-state index contributed by atoms with van der Waals surface area (Å²) in [6, 6.07) is 0. The molecule has 0 bridgehead atoms. The lowest BCUT2D eigenvalue weighted by atomic mass is 10.0. The van der Waals surface area contributed by atoms with E-state index < -0.39 is 0 Å². The number of hydrogen-bond donors (Lipinski definition) is 0.